The zero-order valence-electron chi connectivity index (χ0n) is 25.7. The molecule has 5 atom stereocenters. The van der Waals surface area contributed by atoms with Gasteiger partial charge in [-0.05, 0) is 38.3 Å². The molecule has 1 aliphatic carbocycles. The maximum atomic E-state index is 14.1. The summed E-state index contributed by atoms with van der Waals surface area (Å²) in [4.78, 5) is 54.5. The van der Waals surface area contributed by atoms with Crippen LogP contribution in [0, 0.1) is 5.92 Å². The lowest BCUT2D eigenvalue weighted by molar-refractivity contribution is -0.143. The van der Waals surface area contributed by atoms with Gasteiger partial charge >= 0.3 is 0 Å². The van der Waals surface area contributed by atoms with Gasteiger partial charge in [-0.3, -0.25) is 19.2 Å². The highest BCUT2D eigenvalue weighted by Gasteiger charge is 2.44. The van der Waals surface area contributed by atoms with Gasteiger partial charge in [0.25, 0.3) is 0 Å². The van der Waals surface area contributed by atoms with Gasteiger partial charge in [-0.25, -0.2) is 4.68 Å². The summed E-state index contributed by atoms with van der Waals surface area (Å²) in [6.45, 7) is 5.63. The Labute approximate surface area is 253 Å². The lowest BCUT2D eigenvalue weighted by Gasteiger charge is -2.31. The normalized spacial score (nSPS) is 21.3. The van der Waals surface area contributed by atoms with Crippen molar-refractivity contribution >= 4 is 23.6 Å². The molecular formula is C31H46N8O4. The van der Waals surface area contributed by atoms with Crippen LogP contribution in [0.2, 0.25) is 0 Å². The molecule has 1 saturated heterocycles. The highest BCUT2D eigenvalue weighted by atomic mass is 16.2. The summed E-state index contributed by atoms with van der Waals surface area (Å²) in [5, 5.41) is 17.4. The average Bonchev–Trinajstić information content (AvgIpc) is 3.68. The highest BCUT2D eigenvalue weighted by Crippen LogP contribution is 2.33. The summed E-state index contributed by atoms with van der Waals surface area (Å²) in [6, 6.07) is 5.81. The first-order valence-electron chi connectivity index (χ1n) is 15.4. The van der Waals surface area contributed by atoms with Crippen molar-refractivity contribution in [3.63, 3.8) is 0 Å². The standard InChI is InChI=1S/C31H46N8O4/c1-19(2)27(35-29(41)20(3)33-4)31(43)38-17-23(39-18-25(36-37-39)22-13-9-6-10-14-22)16-26(38)30(42)34-24(28(32)40)15-21-11-7-5-8-12-21/h5,7-8,11-12,18-20,22-24,26-27,33H,6,9-10,13-17H2,1-4H3,(H2,32,40)(H,34,42)(H,35,41)/t20-,23-,24-,26-,27-/m0/s1. The Hall–Kier alpha value is -3.80. The topological polar surface area (TPSA) is 164 Å². The fourth-order valence-corrected chi connectivity index (χ4v) is 5.99. The van der Waals surface area contributed by atoms with Crippen molar-refractivity contribution in [1.82, 2.24) is 35.8 Å². The number of hydrogen-bond acceptors (Lipinski definition) is 7. The summed E-state index contributed by atoms with van der Waals surface area (Å²) in [5.41, 5.74) is 7.48. The Morgan fingerprint density at radius 2 is 1.72 bits per heavy atom. The number of hydrogen-bond donors (Lipinski definition) is 4. The molecule has 0 bridgehead atoms. The van der Waals surface area contributed by atoms with E-state index in [0.29, 0.717) is 5.92 Å². The van der Waals surface area contributed by atoms with Gasteiger partial charge in [-0.1, -0.05) is 68.7 Å². The molecule has 5 N–H and O–H groups in total. The smallest absolute Gasteiger partial charge is 0.246 e. The van der Waals surface area contributed by atoms with E-state index in [9.17, 15) is 19.2 Å². The minimum absolute atomic E-state index is 0.213. The van der Waals surface area contributed by atoms with Crippen LogP contribution in [0.4, 0.5) is 0 Å². The molecule has 2 fully saturated rings. The first-order valence-corrected chi connectivity index (χ1v) is 15.4. The summed E-state index contributed by atoms with van der Waals surface area (Å²) in [7, 11) is 1.67. The fraction of sp³-hybridized carbons (Fsp3) is 0.613. The SMILES string of the molecule is CN[C@@H](C)C(=O)N[C@H](C(=O)N1C[C@@H](n2cc(C3CCCCC3)nn2)C[C@H]1C(=O)N[C@@H](Cc1ccccc1)C(N)=O)C(C)C. The number of nitrogens with zero attached hydrogens (tertiary/aromatic N) is 4. The molecule has 234 valence electrons. The first-order chi connectivity index (χ1) is 20.6. The van der Waals surface area contributed by atoms with Crippen LogP contribution >= 0.6 is 0 Å². The van der Waals surface area contributed by atoms with E-state index in [4.69, 9.17) is 5.73 Å². The zero-order valence-corrected chi connectivity index (χ0v) is 25.7. The number of aromatic nitrogens is 3. The molecule has 1 aromatic heterocycles. The number of rotatable bonds is 12. The van der Waals surface area contributed by atoms with Crippen LogP contribution in [0.5, 0.6) is 0 Å². The molecule has 1 aromatic carbocycles. The lowest BCUT2D eigenvalue weighted by Crippen LogP contribution is -2.58. The molecule has 0 spiro atoms. The molecule has 2 aromatic rings. The van der Waals surface area contributed by atoms with E-state index in [-0.39, 0.29) is 43.2 Å². The van der Waals surface area contributed by atoms with Gasteiger partial charge in [-0.2, -0.15) is 0 Å². The van der Waals surface area contributed by atoms with Crippen LogP contribution < -0.4 is 21.7 Å². The summed E-state index contributed by atoms with van der Waals surface area (Å²) in [5.74, 6) is -1.67. The van der Waals surface area contributed by atoms with Crippen molar-refractivity contribution in [1.29, 1.82) is 0 Å². The van der Waals surface area contributed by atoms with E-state index in [2.05, 4.69) is 26.3 Å². The van der Waals surface area contributed by atoms with Gasteiger partial charge in [0.2, 0.25) is 23.6 Å². The Morgan fingerprint density at radius 1 is 1.02 bits per heavy atom. The van der Waals surface area contributed by atoms with Crippen molar-refractivity contribution in [2.24, 2.45) is 11.7 Å². The van der Waals surface area contributed by atoms with E-state index in [1.165, 1.54) is 24.2 Å². The van der Waals surface area contributed by atoms with Crippen LogP contribution in [-0.4, -0.2) is 81.3 Å². The number of carbonyl (C=O) groups excluding carboxylic acids is 4. The maximum Gasteiger partial charge on any atom is 0.246 e. The van der Waals surface area contributed by atoms with Gasteiger partial charge in [0.15, 0.2) is 0 Å². The number of amides is 4. The van der Waals surface area contributed by atoms with Gasteiger partial charge in [0.05, 0.1) is 17.8 Å². The Kier molecular flexibility index (Phi) is 10.9. The monoisotopic (exact) mass is 594 g/mol. The molecule has 0 radical (unpaired) electrons. The van der Waals surface area contributed by atoms with Crippen molar-refractivity contribution in [2.45, 2.75) is 102 Å². The summed E-state index contributed by atoms with van der Waals surface area (Å²) in [6.07, 6.45) is 8.19. The van der Waals surface area contributed by atoms with E-state index in [1.807, 2.05) is 50.4 Å². The summed E-state index contributed by atoms with van der Waals surface area (Å²) >= 11 is 0. The van der Waals surface area contributed by atoms with Crippen LogP contribution in [0.1, 0.15) is 82.5 Å². The van der Waals surface area contributed by atoms with Crippen molar-refractivity contribution in [2.75, 3.05) is 13.6 Å². The van der Waals surface area contributed by atoms with Crippen molar-refractivity contribution in [3.8, 4) is 0 Å². The van der Waals surface area contributed by atoms with Crippen molar-refractivity contribution in [3.05, 3.63) is 47.8 Å². The van der Waals surface area contributed by atoms with Gasteiger partial charge in [0, 0.05) is 31.5 Å². The molecule has 12 nitrogen and oxygen atoms in total. The Bertz CT molecular complexity index is 1260. The Morgan fingerprint density at radius 3 is 2.35 bits per heavy atom. The van der Waals surface area contributed by atoms with Gasteiger partial charge in [0.1, 0.15) is 18.1 Å². The van der Waals surface area contributed by atoms with E-state index >= 15 is 0 Å². The second-order valence-corrected chi connectivity index (χ2v) is 12.2. The quantitative estimate of drug-likeness (QED) is 0.289. The number of likely N-dealkylation sites (tertiary alicyclic amines) is 1. The highest BCUT2D eigenvalue weighted by molar-refractivity contribution is 5.95. The third kappa shape index (κ3) is 7.98. The molecule has 43 heavy (non-hydrogen) atoms. The molecule has 2 aliphatic rings. The van der Waals surface area contributed by atoms with E-state index < -0.39 is 36.0 Å². The molecule has 1 saturated carbocycles. The predicted molar refractivity (Wildman–Crippen MR) is 162 cm³/mol. The average molecular weight is 595 g/mol. The lowest BCUT2D eigenvalue weighted by atomic mass is 9.87. The molecule has 2 heterocycles. The fourth-order valence-electron chi connectivity index (χ4n) is 5.99. The third-order valence-electron chi connectivity index (χ3n) is 8.79. The van der Waals surface area contributed by atoms with Crippen LogP contribution in [0.3, 0.4) is 0 Å². The predicted octanol–water partition coefficient (Wildman–Crippen LogP) is 1.43. The minimum atomic E-state index is -0.952. The van der Waals surface area contributed by atoms with Crippen LogP contribution in [0.15, 0.2) is 36.5 Å². The number of benzene rings is 1. The second-order valence-electron chi connectivity index (χ2n) is 12.2. The van der Waals surface area contributed by atoms with E-state index in [1.54, 1.807) is 18.7 Å². The van der Waals surface area contributed by atoms with Gasteiger partial charge in [-0.15, -0.1) is 5.10 Å². The number of primary amides is 1. The number of carbonyl (C=O) groups is 4. The molecule has 0 unspecified atom stereocenters. The number of nitrogens with two attached hydrogens (primary N) is 1. The number of likely N-dealkylation sites (N-methyl/N-ethyl adjacent to an activating group) is 1. The molecular weight excluding hydrogens is 548 g/mol. The van der Waals surface area contributed by atoms with Gasteiger partial charge < -0.3 is 26.6 Å². The second kappa shape index (κ2) is 14.6. The first kappa shape index (κ1) is 32.1. The molecule has 4 amide bonds. The zero-order chi connectivity index (χ0) is 31.1. The maximum absolute atomic E-state index is 14.1. The Balaban J connectivity index is 1.58. The van der Waals surface area contributed by atoms with Crippen molar-refractivity contribution < 1.29 is 19.2 Å². The largest absolute Gasteiger partial charge is 0.368 e. The molecule has 1 aliphatic heterocycles. The van der Waals surface area contributed by atoms with E-state index in [0.717, 1.165) is 24.1 Å². The molecule has 12 heteroatoms. The van der Waals surface area contributed by atoms with Crippen LogP contribution in [-0.2, 0) is 25.6 Å². The number of nitrogens with one attached hydrogen (secondary N) is 3. The molecule has 4 rings (SSSR count). The third-order valence-corrected chi connectivity index (χ3v) is 8.79. The minimum Gasteiger partial charge on any atom is -0.368 e. The summed E-state index contributed by atoms with van der Waals surface area (Å²) < 4.78 is 1.76. The van der Waals surface area contributed by atoms with Crippen LogP contribution in [0.25, 0.3) is 0 Å².